The molecule has 1 aliphatic rings. The number of hydrogen-bond acceptors (Lipinski definition) is 2. The Morgan fingerprint density at radius 2 is 1.94 bits per heavy atom. The molecule has 2 heteroatoms. The van der Waals surface area contributed by atoms with Gasteiger partial charge in [-0.3, -0.25) is 4.99 Å². The van der Waals surface area contributed by atoms with E-state index in [1.807, 2.05) is 36.5 Å². The first kappa shape index (κ1) is 9.16. The average Bonchev–Trinajstić information content (AvgIpc) is 2.76. The van der Waals surface area contributed by atoms with Gasteiger partial charge in [-0.1, -0.05) is 30.3 Å². The van der Waals surface area contributed by atoms with Gasteiger partial charge >= 0.3 is 0 Å². The van der Waals surface area contributed by atoms with Gasteiger partial charge in [0.25, 0.3) is 0 Å². The van der Waals surface area contributed by atoms with Gasteiger partial charge in [0, 0.05) is 18.2 Å². The van der Waals surface area contributed by atoms with Crippen molar-refractivity contribution in [3.63, 3.8) is 0 Å². The van der Waals surface area contributed by atoms with Crippen molar-refractivity contribution in [3.8, 4) is 16.9 Å². The zero-order valence-electron chi connectivity index (χ0n) is 8.72. The van der Waals surface area contributed by atoms with Crippen LogP contribution in [0.5, 0.6) is 5.75 Å². The van der Waals surface area contributed by atoms with Gasteiger partial charge < -0.3 is 5.11 Å². The molecule has 1 aliphatic heterocycles. The molecule has 0 amide bonds. The first-order valence-electron chi connectivity index (χ1n) is 5.28. The summed E-state index contributed by atoms with van der Waals surface area (Å²) in [6, 6.07) is 13.5. The van der Waals surface area contributed by atoms with Crippen molar-refractivity contribution in [2.75, 3.05) is 0 Å². The van der Waals surface area contributed by atoms with Crippen molar-refractivity contribution in [2.45, 2.75) is 6.42 Å². The second-order valence-corrected chi connectivity index (χ2v) is 3.88. The lowest BCUT2D eigenvalue weighted by Crippen LogP contribution is -1.81. The minimum atomic E-state index is 0.310. The largest absolute Gasteiger partial charge is 0.507 e. The van der Waals surface area contributed by atoms with Crippen molar-refractivity contribution in [3.05, 3.63) is 48.0 Å². The molecule has 0 fully saturated rings. The predicted molar refractivity (Wildman–Crippen MR) is 65.4 cm³/mol. The molecule has 2 aromatic carbocycles. The van der Waals surface area contributed by atoms with Crippen LogP contribution < -0.4 is 0 Å². The maximum atomic E-state index is 9.77. The molecule has 1 N–H and O–H groups in total. The smallest absolute Gasteiger partial charge is 0.123 e. The fourth-order valence-corrected chi connectivity index (χ4v) is 1.98. The van der Waals surface area contributed by atoms with Gasteiger partial charge in [0.2, 0.25) is 0 Å². The average molecular weight is 209 g/mol. The summed E-state index contributed by atoms with van der Waals surface area (Å²) in [6.45, 7) is 0. The van der Waals surface area contributed by atoms with Crippen LogP contribution in [-0.4, -0.2) is 11.3 Å². The van der Waals surface area contributed by atoms with Gasteiger partial charge in [-0.15, -0.1) is 0 Å². The first-order chi connectivity index (χ1) is 7.84. The summed E-state index contributed by atoms with van der Waals surface area (Å²) in [4.78, 5) is 4.31. The number of phenols is 1. The summed E-state index contributed by atoms with van der Waals surface area (Å²) in [5.41, 5.74) is 4.13. The Bertz CT molecular complexity index is 573. The topological polar surface area (TPSA) is 32.6 Å². The van der Waals surface area contributed by atoms with E-state index in [-0.39, 0.29) is 0 Å². The molecule has 0 saturated carbocycles. The summed E-state index contributed by atoms with van der Waals surface area (Å²) in [7, 11) is 0. The van der Waals surface area contributed by atoms with Crippen LogP contribution in [0.4, 0.5) is 5.69 Å². The second kappa shape index (κ2) is 3.49. The van der Waals surface area contributed by atoms with Crippen LogP contribution in [-0.2, 0) is 6.42 Å². The zero-order valence-corrected chi connectivity index (χ0v) is 8.72. The summed E-state index contributed by atoms with van der Waals surface area (Å²) in [5.74, 6) is 0.310. The molecular formula is C14H11NO. The standard InChI is InChI=1S/C14H11NO/c16-14-4-2-1-3-12(14)11-6-5-10-7-8-15-13(10)9-11/h1-6,8-9,16H,7H2. The molecule has 0 atom stereocenters. The molecule has 0 bridgehead atoms. The van der Waals surface area contributed by atoms with Crippen LogP contribution in [0.1, 0.15) is 5.56 Å². The molecule has 0 radical (unpaired) electrons. The molecule has 1 heterocycles. The van der Waals surface area contributed by atoms with Crippen LogP contribution >= 0.6 is 0 Å². The van der Waals surface area contributed by atoms with Gasteiger partial charge in [-0.05, 0) is 23.3 Å². The number of fused-ring (bicyclic) bond motifs is 1. The number of para-hydroxylation sites is 1. The maximum Gasteiger partial charge on any atom is 0.123 e. The quantitative estimate of drug-likeness (QED) is 0.767. The molecule has 0 aromatic heterocycles. The van der Waals surface area contributed by atoms with Crippen molar-refractivity contribution < 1.29 is 5.11 Å². The van der Waals surface area contributed by atoms with Crippen molar-refractivity contribution >= 4 is 11.9 Å². The summed E-state index contributed by atoms with van der Waals surface area (Å²) < 4.78 is 0. The van der Waals surface area contributed by atoms with E-state index in [1.54, 1.807) is 6.07 Å². The minimum Gasteiger partial charge on any atom is -0.507 e. The van der Waals surface area contributed by atoms with Crippen molar-refractivity contribution in [2.24, 2.45) is 4.99 Å². The van der Waals surface area contributed by atoms with Gasteiger partial charge in [0.05, 0.1) is 5.69 Å². The van der Waals surface area contributed by atoms with Crippen molar-refractivity contribution in [1.29, 1.82) is 0 Å². The molecule has 3 rings (SSSR count). The van der Waals surface area contributed by atoms with Gasteiger partial charge in [-0.25, -0.2) is 0 Å². The summed E-state index contributed by atoms with van der Waals surface area (Å²) in [6.07, 6.45) is 2.83. The van der Waals surface area contributed by atoms with E-state index in [4.69, 9.17) is 0 Å². The van der Waals surface area contributed by atoms with Gasteiger partial charge in [0.15, 0.2) is 0 Å². The van der Waals surface area contributed by atoms with Crippen LogP contribution in [0.25, 0.3) is 11.1 Å². The zero-order chi connectivity index (χ0) is 11.0. The number of nitrogens with zero attached hydrogens (tertiary/aromatic N) is 1. The third-order valence-electron chi connectivity index (χ3n) is 2.84. The van der Waals surface area contributed by atoms with E-state index in [2.05, 4.69) is 11.1 Å². The van der Waals surface area contributed by atoms with Crippen LogP contribution in [0.15, 0.2) is 47.5 Å². The number of rotatable bonds is 1. The number of benzene rings is 2. The maximum absolute atomic E-state index is 9.77. The number of aliphatic imine (C=N–C) groups is 1. The van der Waals surface area contributed by atoms with E-state index in [0.29, 0.717) is 5.75 Å². The Hall–Kier alpha value is -2.09. The third kappa shape index (κ3) is 1.39. The normalized spacial score (nSPS) is 12.8. The molecule has 78 valence electrons. The van der Waals surface area contributed by atoms with Crippen molar-refractivity contribution in [1.82, 2.24) is 0 Å². The van der Waals surface area contributed by atoms with Gasteiger partial charge in [-0.2, -0.15) is 0 Å². The van der Waals surface area contributed by atoms with E-state index < -0.39 is 0 Å². The molecule has 2 aromatic rings. The molecule has 0 aliphatic carbocycles. The van der Waals surface area contributed by atoms with E-state index in [0.717, 1.165) is 23.2 Å². The number of hydrogen-bond donors (Lipinski definition) is 1. The monoisotopic (exact) mass is 209 g/mol. The van der Waals surface area contributed by atoms with E-state index >= 15 is 0 Å². The third-order valence-corrected chi connectivity index (χ3v) is 2.84. The molecule has 16 heavy (non-hydrogen) atoms. The fourth-order valence-electron chi connectivity index (χ4n) is 1.98. The summed E-state index contributed by atoms with van der Waals surface area (Å²) >= 11 is 0. The number of aromatic hydroxyl groups is 1. The van der Waals surface area contributed by atoms with E-state index in [9.17, 15) is 5.11 Å². The summed E-state index contributed by atoms with van der Waals surface area (Å²) in [5, 5.41) is 9.77. The van der Waals surface area contributed by atoms with Gasteiger partial charge in [0.1, 0.15) is 5.75 Å². The fraction of sp³-hybridized carbons (Fsp3) is 0.0714. The lowest BCUT2D eigenvalue weighted by atomic mass is 10.0. The highest BCUT2D eigenvalue weighted by Crippen LogP contribution is 2.34. The van der Waals surface area contributed by atoms with Crippen LogP contribution in [0, 0.1) is 0 Å². The lowest BCUT2D eigenvalue weighted by molar-refractivity contribution is 0.477. The Morgan fingerprint density at radius 1 is 1.06 bits per heavy atom. The Kier molecular flexibility index (Phi) is 2.00. The lowest BCUT2D eigenvalue weighted by Gasteiger charge is -2.06. The Balaban J connectivity index is 2.14. The highest BCUT2D eigenvalue weighted by atomic mass is 16.3. The molecule has 0 spiro atoms. The van der Waals surface area contributed by atoms with Crippen LogP contribution in [0.3, 0.4) is 0 Å². The molecule has 0 unspecified atom stereocenters. The highest BCUT2D eigenvalue weighted by molar-refractivity contribution is 5.80. The molecular weight excluding hydrogens is 198 g/mol. The van der Waals surface area contributed by atoms with Crippen LogP contribution in [0.2, 0.25) is 0 Å². The molecule has 0 saturated heterocycles. The predicted octanol–water partition coefficient (Wildman–Crippen LogP) is 3.32. The Morgan fingerprint density at radius 3 is 2.81 bits per heavy atom. The Labute approximate surface area is 93.9 Å². The number of phenolic OH excluding ortho intramolecular Hbond substituents is 1. The highest BCUT2D eigenvalue weighted by Gasteiger charge is 2.09. The second-order valence-electron chi connectivity index (χ2n) is 3.88. The minimum absolute atomic E-state index is 0.310. The first-order valence-corrected chi connectivity index (χ1v) is 5.28. The molecule has 2 nitrogen and oxygen atoms in total. The SMILES string of the molecule is Oc1ccccc1-c1ccc2c(c1)N=CC2. The van der Waals surface area contributed by atoms with E-state index in [1.165, 1.54) is 5.56 Å².